The Balaban J connectivity index is 0.00000229. The van der Waals surface area contributed by atoms with Crippen LogP contribution >= 0.6 is 0 Å². The molecule has 32 nitrogen and oxygen atoms in total. The Kier molecular flexibility index (Phi) is 25.5. The minimum atomic E-state index is -5.49. The van der Waals surface area contributed by atoms with Gasteiger partial charge in [-0.2, -0.15) is 32.6 Å². The number of fused-ring (bicyclic) bond motifs is 2. The molecule has 0 bridgehead atoms. The van der Waals surface area contributed by atoms with Crippen LogP contribution in [0.3, 0.4) is 0 Å². The first-order valence-electron chi connectivity index (χ1n) is 21.2. The zero-order valence-electron chi connectivity index (χ0n) is 43.5. The molecule has 0 atom stereocenters. The molecule has 85 heavy (non-hydrogen) atoms. The van der Waals surface area contributed by atoms with Gasteiger partial charge in [-0.15, -0.1) is 33.1 Å². The van der Waals surface area contributed by atoms with Gasteiger partial charge in [-0.1, -0.05) is 10.8 Å². The summed E-state index contributed by atoms with van der Waals surface area (Å²) in [5.74, 6) is -1.50. The molecule has 0 aliphatic rings. The molecule has 0 saturated heterocycles. The first-order valence-corrected chi connectivity index (χ1v) is 27.9. The van der Waals surface area contributed by atoms with Gasteiger partial charge in [0, 0.05) is 46.0 Å². The number of nitrogens with two attached hydrogens (primary N) is 2. The normalized spacial score (nSPS) is 11.8. The number of phenols is 2. The van der Waals surface area contributed by atoms with Crippen molar-refractivity contribution in [3.63, 3.8) is 0 Å². The predicted octanol–water partition coefficient (Wildman–Crippen LogP) is -3.60. The van der Waals surface area contributed by atoms with Crippen molar-refractivity contribution in [2.45, 2.75) is 24.5 Å². The fourth-order valence-electron chi connectivity index (χ4n) is 7.10. The SMILES string of the molecule is Nc1ccc(N=Nc2ccc(S(=O)(=O)[O-])cc2[N+](=O)[O-])c2c[c-]c(N=Nc3ccc(S(=O)(=O)c4ccc(N=Nc5c(S(=O)(=O)[O-])cc6c(N=Nc7ccc(S(=O)(=O)[O-])cc7[N+](=O)[O-])ccc(N)c6c5O)cc4)cc3)c(O)c12.O=S(=O)=O.[Na+].[Na+].[Na+].[Na+]. The summed E-state index contributed by atoms with van der Waals surface area (Å²) in [6, 6.07) is 23.6. The summed E-state index contributed by atoms with van der Waals surface area (Å²) in [6.07, 6.45) is 0. The molecule has 0 amide bonds. The van der Waals surface area contributed by atoms with Crippen molar-refractivity contribution in [2.75, 3.05) is 11.5 Å². The Bertz CT molecular complexity index is 4700. The molecule has 8 aromatic rings. The first-order chi connectivity index (χ1) is 37.9. The number of hydrogen-bond acceptors (Lipinski definition) is 30. The molecule has 416 valence electrons. The van der Waals surface area contributed by atoms with Crippen molar-refractivity contribution in [3.8, 4) is 11.5 Å². The number of azo groups is 4. The van der Waals surface area contributed by atoms with E-state index in [2.05, 4.69) is 47.0 Å². The van der Waals surface area contributed by atoms with Crippen LogP contribution < -0.4 is 130 Å². The van der Waals surface area contributed by atoms with Crippen molar-refractivity contribution >= 4 is 141 Å². The number of nitro benzene ring substituents is 2. The molecule has 6 N–H and O–H groups in total. The topological polar surface area (TPSA) is 535 Å². The van der Waals surface area contributed by atoms with Crippen LogP contribution in [0.15, 0.2) is 187 Å². The largest absolute Gasteiger partial charge is 1.00 e. The summed E-state index contributed by atoms with van der Waals surface area (Å²) in [7, 11) is -23.0. The Morgan fingerprint density at radius 1 is 0.459 bits per heavy atom. The fourth-order valence-corrected chi connectivity index (χ4v) is 9.98. The number of nitro groups is 2. The summed E-state index contributed by atoms with van der Waals surface area (Å²) in [6.45, 7) is 0. The second kappa shape index (κ2) is 29.6. The smallest absolute Gasteiger partial charge is 0.744 e. The van der Waals surface area contributed by atoms with Gasteiger partial charge in [0.25, 0.3) is 11.4 Å². The van der Waals surface area contributed by atoms with E-state index in [4.69, 9.17) is 24.1 Å². The average Bonchev–Trinajstić information content (AvgIpc) is 3.16. The summed E-state index contributed by atoms with van der Waals surface area (Å²) in [5.41, 5.74) is 7.98. The second-order valence-electron chi connectivity index (χ2n) is 15.8. The molecule has 8 aromatic carbocycles. The number of nitrogen functional groups attached to an aromatic ring is 2. The summed E-state index contributed by atoms with van der Waals surface area (Å²) in [4.78, 5) is 17.8. The minimum absolute atomic E-state index is 0. The van der Waals surface area contributed by atoms with E-state index >= 15 is 0 Å². The predicted molar refractivity (Wildman–Crippen MR) is 274 cm³/mol. The van der Waals surface area contributed by atoms with Crippen molar-refractivity contribution in [2.24, 2.45) is 40.9 Å². The molecule has 0 fully saturated rings. The zero-order valence-corrected chi connectivity index (χ0v) is 55.5. The number of sulfone groups is 1. The number of hydrogen-bond donors (Lipinski definition) is 4. The van der Waals surface area contributed by atoms with Crippen LogP contribution in [0.5, 0.6) is 11.5 Å². The van der Waals surface area contributed by atoms with Crippen molar-refractivity contribution in [1.29, 1.82) is 0 Å². The molecule has 0 unspecified atom stereocenters. The van der Waals surface area contributed by atoms with Gasteiger partial charge >= 0.3 is 129 Å². The molecule has 0 aromatic heterocycles. The van der Waals surface area contributed by atoms with E-state index in [1.165, 1.54) is 48.5 Å². The van der Waals surface area contributed by atoms with E-state index in [0.717, 1.165) is 60.7 Å². The molecule has 0 radical (unpaired) electrons. The van der Waals surface area contributed by atoms with E-state index in [1.54, 1.807) is 0 Å². The summed E-state index contributed by atoms with van der Waals surface area (Å²) < 4.78 is 159. The molecule has 41 heteroatoms. The van der Waals surface area contributed by atoms with Crippen LogP contribution in [0.2, 0.25) is 0 Å². The van der Waals surface area contributed by atoms with Gasteiger partial charge in [0.2, 0.25) is 9.84 Å². The van der Waals surface area contributed by atoms with Crippen LogP contribution in [-0.2, 0) is 50.8 Å². The number of nitrogens with zero attached hydrogens (tertiary/aromatic N) is 10. The average molecular weight is 1300 g/mol. The molecular weight excluding hydrogens is 1270 g/mol. The van der Waals surface area contributed by atoms with Crippen molar-refractivity contribution in [3.05, 3.63) is 148 Å². The maximum Gasteiger partial charge on any atom is 1.00 e. The van der Waals surface area contributed by atoms with Crippen molar-refractivity contribution in [1.82, 2.24) is 0 Å². The van der Waals surface area contributed by atoms with Crippen LogP contribution in [0.4, 0.5) is 68.2 Å². The standard InChI is InChI=1S/C44H29N12O17S4.4Na.O3S/c45-30-12-17-32(49-51-34-14-9-26(75(65,66)67)19-37(34)55(59)60)28-11-16-36(43(57)40(28)30)53-47-22-1-5-24(6-2-22)74(63,64)25-7-3-23(4-8-25)48-54-42-39(77(71,72)73)21-29-33(18-13-31(46)41(29)44(42)58)50-52-35-15-10-27(76(68,69)70)20-38(35)56(61)62;;;;;1-4(2)3/h1-15,17-21,57-58H,45-46H2,(H,65,66,67)(H,68,69,70)(H,71,72,73);;;;;/q-1;4*+1;/p-3. The van der Waals surface area contributed by atoms with E-state index in [-0.39, 0.29) is 189 Å². The van der Waals surface area contributed by atoms with E-state index in [1.807, 2.05) is 0 Å². The van der Waals surface area contributed by atoms with E-state index in [9.17, 15) is 77.8 Å². The van der Waals surface area contributed by atoms with Crippen LogP contribution in [0, 0.1) is 26.3 Å². The van der Waals surface area contributed by atoms with Crippen LogP contribution in [-0.4, -0.2) is 80.0 Å². The first kappa shape index (κ1) is 73.2. The van der Waals surface area contributed by atoms with Crippen molar-refractivity contribution < 1.29 is 198 Å². The number of rotatable bonds is 15. The van der Waals surface area contributed by atoms with Crippen LogP contribution in [0.1, 0.15) is 0 Å². The van der Waals surface area contributed by atoms with Crippen LogP contribution in [0.25, 0.3) is 21.5 Å². The number of phenolic OH excluding ortho intramolecular Hbond substituents is 2. The van der Waals surface area contributed by atoms with Gasteiger partial charge in [-0.05, 0) is 103 Å². The third-order valence-corrected chi connectivity index (χ3v) is 15.1. The number of benzene rings is 8. The molecule has 8 rings (SSSR count). The van der Waals surface area contributed by atoms with Gasteiger partial charge in [-0.25, -0.2) is 33.7 Å². The van der Waals surface area contributed by atoms with Gasteiger partial charge in [0.05, 0.1) is 56.8 Å². The Hall–Kier alpha value is -6.02. The maximum atomic E-state index is 13.6. The summed E-state index contributed by atoms with van der Waals surface area (Å²) in [5, 5.41) is 76.2. The quantitative estimate of drug-likeness (QED) is 0.0147. The molecule has 0 saturated carbocycles. The Morgan fingerprint density at radius 2 is 0.824 bits per heavy atom. The monoisotopic (exact) mass is 1290 g/mol. The molecule has 0 aliphatic heterocycles. The van der Waals surface area contributed by atoms with Gasteiger partial charge < -0.3 is 35.3 Å². The van der Waals surface area contributed by atoms with Gasteiger partial charge in [0.1, 0.15) is 36.0 Å². The Morgan fingerprint density at radius 3 is 1.22 bits per heavy atom. The molecule has 0 spiro atoms. The minimum Gasteiger partial charge on any atom is -0.744 e. The molecule has 0 aliphatic carbocycles. The third-order valence-electron chi connectivity index (χ3n) is 10.8. The summed E-state index contributed by atoms with van der Waals surface area (Å²) >= 11 is 0. The molecular formula is C44H26N12Na4O20S5. The Labute approximate surface area is 568 Å². The van der Waals surface area contributed by atoms with E-state index in [0.29, 0.717) is 12.1 Å². The van der Waals surface area contributed by atoms with Gasteiger partial charge in [0.15, 0.2) is 17.1 Å². The maximum absolute atomic E-state index is 13.6. The molecule has 0 heterocycles. The second-order valence-corrected chi connectivity index (χ2v) is 22.3. The van der Waals surface area contributed by atoms with Gasteiger partial charge in [-0.3, -0.25) is 20.2 Å². The fraction of sp³-hybridized carbons (Fsp3) is 0. The number of anilines is 2. The van der Waals surface area contributed by atoms with E-state index < -0.39 is 115 Å². The third kappa shape index (κ3) is 17.4. The zero-order chi connectivity index (χ0) is 59.5. The number of aromatic hydroxyl groups is 2.